The van der Waals surface area contributed by atoms with Gasteiger partial charge in [-0.05, 0) is 52.9 Å². The summed E-state index contributed by atoms with van der Waals surface area (Å²) in [6.45, 7) is 8.62. The molecule has 0 saturated heterocycles. The minimum atomic E-state index is -0.646. The molecule has 0 aliphatic rings. The van der Waals surface area contributed by atoms with E-state index < -0.39 is 6.10 Å². The van der Waals surface area contributed by atoms with E-state index in [2.05, 4.69) is 24.4 Å². The quantitative estimate of drug-likeness (QED) is 0.193. The Kier molecular flexibility index (Phi) is 18.5. The van der Waals surface area contributed by atoms with Crippen molar-refractivity contribution in [2.45, 2.75) is 129 Å². The summed E-state index contributed by atoms with van der Waals surface area (Å²) in [5.41, 5.74) is -0.269. The first-order valence-corrected chi connectivity index (χ1v) is 12.1. The summed E-state index contributed by atoms with van der Waals surface area (Å²) in [5.74, 6) is 0.0254. The molecule has 2 N–H and O–H groups in total. The van der Waals surface area contributed by atoms with E-state index in [0.29, 0.717) is 6.42 Å². The van der Waals surface area contributed by atoms with Crippen LogP contribution in [0.15, 0.2) is 12.2 Å². The number of allylic oxidation sites excluding steroid dienone is 2. The summed E-state index contributed by atoms with van der Waals surface area (Å²) in [5, 5.41) is 12.6. The van der Waals surface area contributed by atoms with Crippen LogP contribution in [0, 0.1) is 0 Å². The number of unbranched alkanes of at least 4 members (excludes halogenated alkanes) is 11. The maximum atomic E-state index is 11.8. The average Bonchev–Trinajstić information content (AvgIpc) is 2.67. The van der Waals surface area contributed by atoms with Gasteiger partial charge in [-0.2, -0.15) is 0 Å². The van der Waals surface area contributed by atoms with Gasteiger partial charge < -0.3 is 15.2 Å². The molecular weight excluding hydrogens is 362 g/mol. The number of aliphatic hydroxyl groups excluding tert-OH is 1. The molecule has 0 rings (SSSR count). The molecule has 4 heteroatoms. The Labute approximate surface area is 180 Å². The van der Waals surface area contributed by atoms with Gasteiger partial charge >= 0.3 is 0 Å². The van der Waals surface area contributed by atoms with Crippen LogP contribution in [0.5, 0.6) is 0 Å². The molecule has 0 aliphatic heterocycles. The molecule has 4 nitrogen and oxygen atoms in total. The number of hydrogen-bond acceptors (Lipinski definition) is 3. The smallest absolute Gasteiger partial charge is 0.220 e. The Bertz CT molecular complexity index is 401. The van der Waals surface area contributed by atoms with Gasteiger partial charge in [-0.15, -0.1) is 0 Å². The van der Waals surface area contributed by atoms with Gasteiger partial charge in [0.05, 0.1) is 18.3 Å². The van der Waals surface area contributed by atoms with Gasteiger partial charge in [-0.1, -0.05) is 70.4 Å². The van der Waals surface area contributed by atoms with Crippen molar-refractivity contribution in [3.8, 4) is 0 Å². The Balaban J connectivity index is 3.37. The average molecular weight is 412 g/mol. The number of carbonyl (C=O) groups excluding carboxylic acids is 1. The zero-order valence-electron chi connectivity index (χ0n) is 19.8. The minimum Gasteiger partial charge on any atom is -0.389 e. The van der Waals surface area contributed by atoms with E-state index >= 15 is 0 Å². The van der Waals surface area contributed by atoms with Crippen LogP contribution in [0.2, 0.25) is 0 Å². The monoisotopic (exact) mass is 411 g/mol. The van der Waals surface area contributed by atoms with Crippen molar-refractivity contribution < 1.29 is 14.6 Å². The number of aliphatic hydroxyl groups is 1. The van der Waals surface area contributed by atoms with Gasteiger partial charge in [-0.3, -0.25) is 4.79 Å². The Hall–Kier alpha value is -0.870. The highest BCUT2D eigenvalue weighted by atomic mass is 16.5. The third kappa shape index (κ3) is 23.3. The van der Waals surface area contributed by atoms with Crippen molar-refractivity contribution >= 4 is 5.91 Å². The Morgan fingerprint density at radius 2 is 1.41 bits per heavy atom. The maximum Gasteiger partial charge on any atom is 0.220 e. The fourth-order valence-electron chi connectivity index (χ4n) is 3.08. The Morgan fingerprint density at radius 1 is 0.897 bits per heavy atom. The fraction of sp³-hybridized carbons (Fsp3) is 0.880. The molecule has 0 aliphatic carbocycles. The highest BCUT2D eigenvalue weighted by molar-refractivity contribution is 5.75. The number of nitrogens with one attached hydrogen (secondary N) is 1. The Morgan fingerprint density at radius 3 is 1.97 bits per heavy atom. The van der Waals surface area contributed by atoms with Crippen molar-refractivity contribution in [1.29, 1.82) is 0 Å². The first-order valence-electron chi connectivity index (χ1n) is 12.1. The van der Waals surface area contributed by atoms with Gasteiger partial charge in [0, 0.05) is 13.0 Å². The summed E-state index contributed by atoms with van der Waals surface area (Å²) in [4.78, 5) is 11.8. The zero-order valence-corrected chi connectivity index (χ0v) is 19.8. The summed E-state index contributed by atoms with van der Waals surface area (Å²) in [7, 11) is 0. The maximum absolute atomic E-state index is 11.8. The van der Waals surface area contributed by atoms with Crippen LogP contribution < -0.4 is 5.32 Å². The second-order valence-corrected chi connectivity index (χ2v) is 9.22. The number of ether oxygens (including phenoxy) is 1. The number of amides is 1. The zero-order chi connectivity index (χ0) is 21.8. The van der Waals surface area contributed by atoms with Gasteiger partial charge in [0.25, 0.3) is 0 Å². The van der Waals surface area contributed by atoms with Crippen LogP contribution in [-0.4, -0.2) is 35.9 Å². The standard InChI is InChI=1S/C25H49NO3/c1-5-6-7-8-9-10-11-12-13-14-15-16-17-18-19-20-24(28)26-21-23(27)22-29-25(2,3)4/h12-13,23,27H,5-11,14-22H2,1-4H3,(H,26,28)/b13-12-. The van der Waals surface area contributed by atoms with Crippen LogP contribution >= 0.6 is 0 Å². The fourth-order valence-corrected chi connectivity index (χ4v) is 3.08. The predicted molar refractivity (Wildman–Crippen MR) is 124 cm³/mol. The molecular formula is C25H49NO3. The predicted octanol–water partition coefficient (Wildman–Crippen LogP) is 6.32. The molecule has 1 amide bonds. The molecule has 29 heavy (non-hydrogen) atoms. The van der Waals surface area contributed by atoms with Gasteiger partial charge in [0.1, 0.15) is 0 Å². The van der Waals surface area contributed by atoms with Crippen molar-refractivity contribution in [2.75, 3.05) is 13.2 Å². The first kappa shape index (κ1) is 28.1. The van der Waals surface area contributed by atoms with Crippen molar-refractivity contribution in [1.82, 2.24) is 5.32 Å². The topological polar surface area (TPSA) is 58.6 Å². The van der Waals surface area contributed by atoms with Gasteiger partial charge in [0.2, 0.25) is 5.91 Å². The van der Waals surface area contributed by atoms with Gasteiger partial charge in [-0.25, -0.2) is 0 Å². The lowest BCUT2D eigenvalue weighted by Gasteiger charge is -2.22. The van der Waals surface area contributed by atoms with E-state index in [1.165, 1.54) is 70.6 Å². The lowest BCUT2D eigenvalue weighted by atomic mass is 10.1. The van der Waals surface area contributed by atoms with Crippen molar-refractivity contribution in [2.24, 2.45) is 0 Å². The van der Waals surface area contributed by atoms with Crippen molar-refractivity contribution in [3.63, 3.8) is 0 Å². The van der Waals surface area contributed by atoms with E-state index in [4.69, 9.17) is 4.74 Å². The molecule has 0 saturated carbocycles. The lowest BCUT2D eigenvalue weighted by molar-refractivity contribution is -0.122. The van der Waals surface area contributed by atoms with E-state index in [0.717, 1.165) is 12.8 Å². The van der Waals surface area contributed by atoms with E-state index in [-0.39, 0.29) is 24.7 Å². The third-order valence-corrected chi connectivity index (χ3v) is 4.91. The molecule has 172 valence electrons. The molecule has 0 heterocycles. The van der Waals surface area contributed by atoms with Crippen LogP contribution in [0.25, 0.3) is 0 Å². The van der Waals surface area contributed by atoms with Crippen molar-refractivity contribution in [3.05, 3.63) is 12.2 Å². The largest absolute Gasteiger partial charge is 0.389 e. The highest BCUT2D eigenvalue weighted by Gasteiger charge is 2.14. The first-order chi connectivity index (χ1) is 13.8. The molecule has 0 radical (unpaired) electrons. The molecule has 1 unspecified atom stereocenters. The van der Waals surface area contributed by atoms with Crippen LogP contribution in [0.1, 0.15) is 118 Å². The molecule has 0 fully saturated rings. The summed E-state index contributed by atoms with van der Waals surface area (Å²) >= 11 is 0. The summed E-state index contributed by atoms with van der Waals surface area (Å²) in [6, 6.07) is 0. The van der Waals surface area contributed by atoms with Gasteiger partial charge in [0.15, 0.2) is 0 Å². The number of rotatable bonds is 19. The molecule has 1 atom stereocenters. The molecule has 0 spiro atoms. The van der Waals surface area contributed by atoms with E-state index in [9.17, 15) is 9.90 Å². The lowest BCUT2D eigenvalue weighted by Crippen LogP contribution is -2.36. The normalized spacial score (nSPS) is 13.1. The van der Waals surface area contributed by atoms with E-state index in [1.807, 2.05) is 20.8 Å². The number of hydrogen-bond donors (Lipinski definition) is 2. The minimum absolute atomic E-state index is 0.0254. The highest BCUT2D eigenvalue weighted by Crippen LogP contribution is 2.10. The molecule has 0 aromatic carbocycles. The molecule has 0 aromatic heterocycles. The molecule has 0 aromatic rings. The second kappa shape index (κ2) is 19.1. The van der Waals surface area contributed by atoms with Crippen LogP contribution in [0.4, 0.5) is 0 Å². The number of carbonyl (C=O) groups is 1. The second-order valence-electron chi connectivity index (χ2n) is 9.22. The van der Waals surface area contributed by atoms with Crippen LogP contribution in [0.3, 0.4) is 0 Å². The molecule has 0 bridgehead atoms. The summed E-state index contributed by atoms with van der Waals surface area (Å²) < 4.78 is 5.51. The summed E-state index contributed by atoms with van der Waals surface area (Å²) in [6.07, 6.45) is 20.9. The van der Waals surface area contributed by atoms with E-state index in [1.54, 1.807) is 0 Å². The third-order valence-electron chi connectivity index (χ3n) is 4.91. The SMILES string of the molecule is CCCCCCCC/C=C\CCCCCCCC(=O)NCC(O)COC(C)(C)C. The van der Waals surface area contributed by atoms with Crippen LogP contribution in [-0.2, 0) is 9.53 Å².